The molecule has 3 rings (SSSR count). The van der Waals surface area contributed by atoms with Crippen molar-refractivity contribution in [1.29, 1.82) is 0 Å². The predicted octanol–water partition coefficient (Wildman–Crippen LogP) is 6.54. The minimum atomic E-state index is -0.855. The molecule has 0 unspecified atom stereocenters. The monoisotopic (exact) mass is 424 g/mol. The summed E-state index contributed by atoms with van der Waals surface area (Å²) in [4.78, 5) is 26.3. The van der Waals surface area contributed by atoms with Gasteiger partial charge >= 0.3 is 0 Å². The highest BCUT2D eigenvalue weighted by molar-refractivity contribution is 7.98. The Bertz CT molecular complexity index is 920. The molecular weight excluding hydrogens is 392 g/mol. The molecule has 0 aliphatic heterocycles. The molecule has 0 amide bonds. The average molecular weight is 425 g/mol. The van der Waals surface area contributed by atoms with Gasteiger partial charge in [-0.05, 0) is 88.5 Å². The first kappa shape index (κ1) is 22.6. The molecule has 0 saturated heterocycles. The third kappa shape index (κ3) is 4.64. The smallest absolute Gasteiger partial charge is 0.172 e. The molecule has 1 aliphatic carbocycles. The van der Waals surface area contributed by atoms with Crippen molar-refractivity contribution >= 4 is 23.3 Å². The standard InChI is InChI=1S/C26H32O3S/c1-16-14-20(15-17(2)25(16)29-26(4,5)18(3)27)22-8-7-9-23(22)24(28)19-10-12-21(30-6)13-11-19/h10-15,22-23H,7-9H2,1-6H3/t22-,23+/m0/s1. The molecule has 0 aromatic heterocycles. The van der Waals surface area contributed by atoms with E-state index >= 15 is 0 Å². The summed E-state index contributed by atoms with van der Waals surface area (Å²) in [6, 6.07) is 12.3. The molecule has 0 N–H and O–H groups in total. The highest BCUT2D eigenvalue weighted by atomic mass is 32.2. The van der Waals surface area contributed by atoms with Crippen LogP contribution in [0.15, 0.2) is 41.3 Å². The Morgan fingerprint density at radius 2 is 1.63 bits per heavy atom. The molecule has 2 atom stereocenters. The summed E-state index contributed by atoms with van der Waals surface area (Å²) < 4.78 is 6.09. The first-order valence-electron chi connectivity index (χ1n) is 10.6. The molecule has 30 heavy (non-hydrogen) atoms. The molecule has 2 aromatic rings. The number of Topliss-reactive ketones (excluding diaryl/α,β-unsaturated/α-hetero) is 2. The largest absolute Gasteiger partial charge is 0.480 e. The van der Waals surface area contributed by atoms with E-state index in [-0.39, 0.29) is 23.4 Å². The quantitative estimate of drug-likeness (QED) is 0.374. The van der Waals surface area contributed by atoms with Crippen molar-refractivity contribution in [2.75, 3.05) is 6.26 Å². The Hall–Kier alpha value is -2.07. The molecule has 2 aromatic carbocycles. The van der Waals surface area contributed by atoms with Crippen LogP contribution in [-0.2, 0) is 4.79 Å². The number of hydrogen-bond acceptors (Lipinski definition) is 4. The fourth-order valence-electron chi connectivity index (χ4n) is 4.33. The van der Waals surface area contributed by atoms with Gasteiger partial charge in [-0.1, -0.05) is 30.7 Å². The highest BCUT2D eigenvalue weighted by Gasteiger charge is 2.35. The summed E-state index contributed by atoms with van der Waals surface area (Å²) in [5.74, 6) is 1.26. The van der Waals surface area contributed by atoms with Crippen LogP contribution in [-0.4, -0.2) is 23.4 Å². The summed E-state index contributed by atoms with van der Waals surface area (Å²) in [5.41, 5.74) is 3.19. The number of carbonyl (C=O) groups is 2. The van der Waals surface area contributed by atoms with E-state index in [0.717, 1.165) is 41.7 Å². The number of benzene rings is 2. The van der Waals surface area contributed by atoms with E-state index in [0.29, 0.717) is 0 Å². The van der Waals surface area contributed by atoms with Crippen LogP contribution >= 0.6 is 11.8 Å². The molecule has 0 radical (unpaired) electrons. The predicted molar refractivity (Wildman–Crippen MR) is 124 cm³/mol. The SMILES string of the molecule is CSc1ccc(C(=O)[C@@H]2CCC[C@H]2c2cc(C)c(OC(C)(C)C(C)=O)c(C)c2)cc1. The average Bonchev–Trinajstić information content (AvgIpc) is 3.20. The van der Waals surface area contributed by atoms with E-state index < -0.39 is 5.60 Å². The van der Waals surface area contributed by atoms with Gasteiger partial charge in [0.05, 0.1) is 0 Å². The minimum absolute atomic E-state index is 0.000628. The second kappa shape index (κ2) is 8.97. The van der Waals surface area contributed by atoms with Crippen LogP contribution in [0.4, 0.5) is 0 Å². The lowest BCUT2D eigenvalue weighted by atomic mass is 9.82. The number of thioether (sulfide) groups is 1. The van der Waals surface area contributed by atoms with Crippen LogP contribution in [0, 0.1) is 19.8 Å². The van der Waals surface area contributed by atoms with Gasteiger partial charge in [0.1, 0.15) is 5.75 Å². The lowest BCUT2D eigenvalue weighted by molar-refractivity contribution is -0.129. The first-order chi connectivity index (χ1) is 14.1. The van der Waals surface area contributed by atoms with Crippen LogP contribution in [0.3, 0.4) is 0 Å². The van der Waals surface area contributed by atoms with Crippen LogP contribution in [0.5, 0.6) is 5.75 Å². The molecule has 0 heterocycles. The molecule has 1 fully saturated rings. The molecular formula is C26H32O3S. The molecule has 4 heteroatoms. The van der Waals surface area contributed by atoms with Gasteiger partial charge in [-0.3, -0.25) is 9.59 Å². The molecule has 1 aliphatic rings. The van der Waals surface area contributed by atoms with Crippen LogP contribution in [0.1, 0.15) is 73.0 Å². The summed E-state index contributed by atoms with van der Waals surface area (Å²) in [5, 5.41) is 0. The van der Waals surface area contributed by atoms with Gasteiger partial charge in [0, 0.05) is 16.4 Å². The maximum absolute atomic E-state index is 13.3. The maximum Gasteiger partial charge on any atom is 0.172 e. The van der Waals surface area contributed by atoms with Gasteiger partial charge in [0.15, 0.2) is 17.2 Å². The van der Waals surface area contributed by atoms with Gasteiger partial charge < -0.3 is 4.74 Å². The highest BCUT2D eigenvalue weighted by Crippen LogP contribution is 2.43. The lowest BCUT2D eigenvalue weighted by Gasteiger charge is -2.27. The van der Waals surface area contributed by atoms with Crippen LogP contribution < -0.4 is 4.74 Å². The summed E-state index contributed by atoms with van der Waals surface area (Å²) in [7, 11) is 0. The first-order valence-corrected chi connectivity index (χ1v) is 11.9. The van der Waals surface area contributed by atoms with Crippen molar-refractivity contribution in [2.24, 2.45) is 5.92 Å². The Morgan fingerprint density at radius 1 is 1.03 bits per heavy atom. The number of hydrogen-bond donors (Lipinski definition) is 0. The maximum atomic E-state index is 13.3. The van der Waals surface area contributed by atoms with Crippen LogP contribution in [0.2, 0.25) is 0 Å². The molecule has 160 valence electrons. The Balaban J connectivity index is 1.87. The van der Waals surface area contributed by atoms with Crippen molar-refractivity contribution in [3.8, 4) is 5.75 Å². The molecule has 1 saturated carbocycles. The second-order valence-electron chi connectivity index (χ2n) is 8.89. The Morgan fingerprint density at radius 3 is 2.17 bits per heavy atom. The van der Waals surface area contributed by atoms with Gasteiger partial charge in [0.25, 0.3) is 0 Å². The van der Waals surface area contributed by atoms with Gasteiger partial charge in [0.2, 0.25) is 0 Å². The summed E-state index contributed by atoms with van der Waals surface area (Å²) >= 11 is 1.68. The van der Waals surface area contributed by atoms with E-state index in [1.807, 2.05) is 44.4 Å². The number of rotatable bonds is 7. The molecule has 3 nitrogen and oxygen atoms in total. The third-order valence-corrected chi connectivity index (χ3v) is 7.09. The van der Waals surface area contributed by atoms with Gasteiger partial charge in [-0.15, -0.1) is 11.8 Å². The van der Waals surface area contributed by atoms with E-state index in [1.165, 1.54) is 10.5 Å². The Kier molecular flexibility index (Phi) is 6.76. The number of aryl methyl sites for hydroxylation is 2. The van der Waals surface area contributed by atoms with Crippen molar-refractivity contribution < 1.29 is 14.3 Å². The zero-order chi connectivity index (χ0) is 22.1. The number of ketones is 2. The summed E-state index contributed by atoms with van der Waals surface area (Å²) in [6.45, 7) is 9.20. The fourth-order valence-corrected chi connectivity index (χ4v) is 4.74. The lowest BCUT2D eigenvalue weighted by Crippen LogP contribution is -2.36. The van der Waals surface area contributed by atoms with Crippen LogP contribution in [0.25, 0.3) is 0 Å². The third-order valence-electron chi connectivity index (χ3n) is 6.34. The Labute approximate surface area is 184 Å². The van der Waals surface area contributed by atoms with E-state index in [2.05, 4.69) is 12.1 Å². The second-order valence-corrected chi connectivity index (χ2v) is 9.77. The number of ether oxygens (including phenoxy) is 1. The van der Waals surface area contributed by atoms with Crippen molar-refractivity contribution in [1.82, 2.24) is 0 Å². The van der Waals surface area contributed by atoms with E-state index in [4.69, 9.17) is 4.74 Å². The van der Waals surface area contributed by atoms with E-state index in [9.17, 15) is 9.59 Å². The van der Waals surface area contributed by atoms with Gasteiger partial charge in [-0.25, -0.2) is 0 Å². The minimum Gasteiger partial charge on any atom is -0.480 e. The van der Waals surface area contributed by atoms with Gasteiger partial charge in [-0.2, -0.15) is 0 Å². The molecule has 0 bridgehead atoms. The van der Waals surface area contributed by atoms with Crippen molar-refractivity contribution in [3.05, 3.63) is 58.7 Å². The van der Waals surface area contributed by atoms with E-state index in [1.54, 1.807) is 32.5 Å². The normalized spacial score (nSPS) is 19.0. The number of carbonyl (C=O) groups excluding carboxylic acids is 2. The molecule has 0 spiro atoms. The fraction of sp³-hybridized carbons (Fsp3) is 0.462. The summed E-state index contributed by atoms with van der Waals surface area (Å²) in [6.07, 6.45) is 5.07. The van der Waals surface area contributed by atoms with Crippen molar-refractivity contribution in [3.63, 3.8) is 0 Å². The van der Waals surface area contributed by atoms with Crippen molar-refractivity contribution in [2.45, 2.75) is 70.3 Å². The zero-order valence-corrected chi connectivity index (χ0v) is 19.7. The topological polar surface area (TPSA) is 43.4 Å². The zero-order valence-electron chi connectivity index (χ0n) is 18.9.